The van der Waals surface area contributed by atoms with E-state index in [1.165, 1.54) is 16.2 Å². The van der Waals surface area contributed by atoms with Crippen molar-refractivity contribution in [2.45, 2.75) is 32.7 Å². The van der Waals surface area contributed by atoms with Crippen LogP contribution in [-0.2, 0) is 9.59 Å². The van der Waals surface area contributed by atoms with Crippen molar-refractivity contribution in [1.29, 1.82) is 0 Å². The molecule has 6 nitrogen and oxygen atoms in total. The maximum absolute atomic E-state index is 13.4. The number of carbonyl (C=O) groups excluding carboxylic acids is 2. The minimum atomic E-state index is -0.823. The lowest BCUT2D eigenvalue weighted by molar-refractivity contribution is -0.132. The Bertz CT molecular complexity index is 1460. The average molecular weight is 499 g/mol. The van der Waals surface area contributed by atoms with E-state index in [4.69, 9.17) is 4.74 Å². The molecule has 0 bridgehead atoms. The maximum Gasteiger partial charge on any atom is 0.301 e. The van der Waals surface area contributed by atoms with Crippen LogP contribution in [0, 0.1) is 6.92 Å². The molecule has 0 spiro atoms. The number of amides is 1. The van der Waals surface area contributed by atoms with Crippen LogP contribution in [0.2, 0.25) is 0 Å². The number of nitrogens with zero attached hydrogens (tertiary/aromatic N) is 2. The first-order valence-electron chi connectivity index (χ1n) is 11.9. The molecule has 0 aliphatic carbocycles. The van der Waals surface area contributed by atoms with Crippen molar-refractivity contribution < 1.29 is 19.4 Å². The Hall–Kier alpha value is -3.97. The van der Waals surface area contributed by atoms with Crippen molar-refractivity contribution in [3.63, 3.8) is 0 Å². The van der Waals surface area contributed by atoms with Gasteiger partial charge in [-0.25, -0.2) is 4.98 Å². The number of ketones is 1. The van der Waals surface area contributed by atoms with Gasteiger partial charge in [-0.15, -0.1) is 0 Å². The van der Waals surface area contributed by atoms with Gasteiger partial charge in [-0.2, -0.15) is 0 Å². The molecular formula is C29H26N2O4S. The van der Waals surface area contributed by atoms with E-state index < -0.39 is 17.7 Å². The standard InChI is InChI=1S/C29H26N2O4S/c1-3-4-16-35-21-13-11-19(12-14-21)25-24(26(32)20-8-6-5-7-9-20)27(33)28(34)31(25)29-30-22-15-10-18(2)17-23(22)36-29/h5-15,17,25,32H,3-4,16H2,1-2H3/b26-24+. The topological polar surface area (TPSA) is 79.7 Å². The smallest absolute Gasteiger partial charge is 0.301 e. The summed E-state index contributed by atoms with van der Waals surface area (Å²) in [5.74, 6) is -0.944. The minimum Gasteiger partial charge on any atom is -0.507 e. The van der Waals surface area contributed by atoms with Crippen LogP contribution in [0.25, 0.3) is 16.0 Å². The van der Waals surface area contributed by atoms with E-state index in [0.29, 0.717) is 28.6 Å². The Kier molecular flexibility index (Phi) is 6.57. The second-order valence-electron chi connectivity index (χ2n) is 8.77. The van der Waals surface area contributed by atoms with E-state index in [9.17, 15) is 14.7 Å². The van der Waals surface area contributed by atoms with Crippen LogP contribution in [0.3, 0.4) is 0 Å². The van der Waals surface area contributed by atoms with Crippen LogP contribution < -0.4 is 9.64 Å². The van der Waals surface area contributed by atoms with Crippen LogP contribution in [0.15, 0.2) is 78.4 Å². The number of thiazole rings is 1. The fourth-order valence-electron chi connectivity index (χ4n) is 4.30. The molecule has 1 N–H and O–H groups in total. The second kappa shape index (κ2) is 9.95. The lowest BCUT2D eigenvalue weighted by Crippen LogP contribution is -2.29. The molecule has 3 aromatic carbocycles. The summed E-state index contributed by atoms with van der Waals surface area (Å²) in [5.41, 5.74) is 3.04. The Morgan fingerprint density at radius 1 is 1.06 bits per heavy atom. The number of rotatable bonds is 7. The van der Waals surface area contributed by atoms with Gasteiger partial charge in [0, 0.05) is 5.56 Å². The summed E-state index contributed by atoms with van der Waals surface area (Å²) in [6, 6.07) is 21.2. The van der Waals surface area contributed by atoms with Gasteiger partial charge in [0.15, 0.2) is 5.13 Å². The number of hydrogen-bond donors (Lipinski definition) is 1. The number of benzene rings is 3. The minimum absolute atomic E-state index is 0.0429. The number of aliphatic hydroxyl groups is 1. The molecule has 1 amide bonds. The Balaban J connectivity index is 1.63. The number of Topliss-reactive ketones (excluding diaryl/α,β-unsaturated/α-hetero) is 1. The van der Waals surface area contributed by atoms with Crippen molar-refractivity contribution in [1.82, 2.24) is 4.98 Å². The molecule has 4 aromatic rings. The van der Waals surface area contributed by atoms with Crippen molar-refractivity contribution in [2.75, 3.05) is 11.5 Å². The molecule has 1 unspecified atom stereocenters. The fraction of sp³-hybridized carbons (Fsp3) is 0.207. The van der Waals surface area contributed by atoms with Gasteiger partial charge in [-0.3, -0.25) is 14.5 Å². The zero-order valence-corrected chi connectivity index (χ0v) is 20.9. The van der Waals surface area contributed by atoms with Gasteiger partial charge in [0.25, 0.3) is 5.78 Å². The van der Waals surface area contributed by atoms with E-state index in [1.54, 1.807) is 24.3 Å². The van der Waals surface area contributed by atoms with Gasteiger partial charge in [-0.05, 0) is 48.7 Å². The maximum atomic E-state index is 13.4. The van der Waals surface area contributed by atoms with E-state index in [-0.39, 0.29) is 11.3 Å². The summed E-state index contributed by atoms with van der Waals surface area (Å²) < 4.78 is 6.72. The third kappa shape index (κ3) is 4.38. The molecule has 182 valence electrons. The van der Waals surface area contributed by atoms with E-state index in [0.717, 1.165) is 28.6 Å². The summed E-state index contributed by atoms with van der Waals surface area (Å²) in [6.45, 7) is 4.72. The molecular weight excluding hydrogens is 472 g/mol. The number of aliphatic hydroxyl groups excluding tert-OH is 1. The highest BCUT2D eigenvalue weighted by Crippen LogP contribution is 2.44. The Labute approximate surface area is 213 Å². The number of ether oxygens (including phenoxy) is 1. The molecule has 1 aliphatic rings. The van der Waals surface area contributed by atoms with Crippen LogP contribution in [-0.4, -0.2) is 28.4 Å². The normalized spacial score (nSPS) is 17.2. The third-order valence-electron chi connectivity index (χ3n) is 6.19. The van der Waals surface area contributed by atoms with Crippen LogP contribution >= 0.6 is 11.3 Å². The second-order valence-corrected chi connectivity index (χ2v) is 9.78. The van der Waals surface area contributed by atoms with Gasteiger partial charge >= 0.3 is 5.91 Å². The third-order valence-corrected chi connectivity index (χ3v) is 7.21. The predicted octanol–water partition coefficient (Wildman–Crippen LogP) is 6.41. The molecule has 5 rings (SSSR count). The van der Waals surface area contributed by atoms with Crippen LogP contribution in [0.1, 0.15) is 42.5 Å². The van der Waals surface area contributed by atoms with Crippen molar-refractivity contribution >= 4 is 44.1 Å². The number of unbranched alkanes of at least 4 members (excludes halogenated alkanes) is 1. The largest absolute Gasteiger partial charge is 0.507 e. The number of aryl methyl sites for hydroxylation is 1. The molecule has 36 heavy (non-hydrogen) atoms. The highest BCUT2D eigenvalue weighted by Gasteiger charge is 2.48. The number of aromatic nitrogens is 1. The predicted molar refractivity (Wildman–Crippen MR) is 142 cm³/mol. The number of carbonyl (C=O) groups is 2. The molecule has 2 heterocycles. The number of hydrogen-bond acceptors (Lipinski definition) is 6. The quantitative estimate of drug-likeness (QED) is 0.138. The highest BCUT2D eigenvalue weighted by atomic mass is 32.1. The molecule has 1 saturated heterocycles. The van der Waals surface area contributed by atoms with Gasteiger partial charge in [-0.1, -0.05) is 73.2 Å². The first-order valence-corrected chi connectivity index (χ1v) is 12.8. The summed E-state index contributed by atoms with van der Waals surface area (Å²) in [4.78, 5) is 32.8. The number of fused-ring (bicyclic) bond motifs is 1. The first-order chi connectivity index (χ1) is 17.5. The zero-order valence-electron chi connectivity index (χ0n) is 20.1. The van der Waals surface area contributed by atoms with Gasteiger partial charge < -0.3 is 9.84 Å². The molecule has 0 radical (unpaired) electrons. The molecule has 0 saturated carbocycles. The first kappa shape index (κ1) is 23.8. The fourth-order valence-corrected chi connectivity index (χ4v) is 5.39. The molecule has 1 atom stereocenters. The summed E-state index contributed by atoms with van der Waals surface area (Å²) in [7, 11) is 0. The Morgan fingerprint density at radius 2 is 1.81 bits per heavy atom. The Morgan fingerprint density at radius 3 is 2.53 bits per heavy atom. The average Bonchev–Trinajstić information content (AvgIpc) is 3.42. The van der Waals surface area contributed by atoms with Crippen LogP contribution in [0.4, 0.5) is 5.13 Å². The van der Waals surface area contributed by atoms with Gasteiger partial charge in [0.05, 0.1) is 28.4 Å². The lowest BCUT2D eigenvalue weighted by Gasteiger charge is -2.23. The molecule has 1 aromatic heterocycles. The summed E-state index contributed by atoms with van der Waals surface area (Å²) >= 11 is 1.35. The van der Waals surface area contributed by atoms with Crippen molar-refractivity contribution in [3.05, 3.63) is 95.1 Å². The van der Waals surface area contributed by atoms with E-state index in [2.05, 4.69) is 11.9 Å². The van der Waals surface area contributed by atoms with Crippen LogP contribution in [0.5, 0.6) is 5.75 Å². The van der Waals surface area contributed by atoms with Crippen molar-refractivity contribution in [2.24, 2.45) is 0 Å². The van der Waals surface area contributed by atoms with Gasteiger partial charge in [0.2, 0.25) is 0 Å². The molecule has 7 heteroatoms. The van der Waals surface area contributed by atoms with E-state index in [1.807, 2.05) is 55.5 Å². The lowest BCUT2D eigenvalue weighted by atomic mass is 9.95. The SMILES string of the molecule is CCCCOc1ccc(C2/C(=C(\O)c3ccccc3)C(=O)C(=O)N2c2nc3ccc(C)cc3s2)cc1. The summed E-state index contributed by atoms with van der Waals surface area (Å²) in [5, 5.41) is 11.6. The van der Waals surface area contributed by atoms with E-state index >= 15 is 0 Å². The van der Waals surface area contributed by atoms with Crippen molar-refractivity contribution in [3.8, 4) is 5.75 Å². The molecule has 1 aliphatic heterocycles. The highest BCUT2D eigenvalue weighted by molar-refractivity contribution is 7.22. The molecule has 1 fully saturated rings. The van der Waals surface area contributed by atoms with Gasteiger partial charge in [0.1, 0.15) is 11.5 Å². The number of anilines is 1. The summed E-state index contributed by atoms with van der Waals surface area (Å²) in [6.07, 6.45) is 1.99. The zero-order chi connectivity index (χ0) is 25.2. The monoisotopic (exact) mass is 498 g/mol.